The van der Waals surface area contributed by atoms with E-state index in [0.717, 1.165) is 5.56 Å². The maximum Gasteiger partial charge on any atom is 0.201 e. The van der Waals surface area contributed by atoms with Crippen molar-refractivity contribution in [3.8, 4) is 34.5 Å². The van der Waals surface area contributed by atoms with Crippen molar-refractivity contribution in [2.45, 2.75) is 43.0 Å². The third kappa shape index (κ3) is 5.58. The first-order valence-corrected chi connectivity index (χ1v) is 13.1. The van der Waals surface area contributed by atoms with Crippen LogP contribution in [-0.4, -0.2) is 115 Å². The number of ether oxygens (including phenoxy) is 6. The van der Waals surface area contributed by atoms with Gasteiger partial charge in [-0.3, -0.25) is 0 Å². The van der Waals surface area contributed by atoms with Crippen molar-refractivity contribution in [3.05, 3.63) is 34.9 Å². The summed E-state index contributed by atoms with van der Waals surface area (Å²) < 4.78 is 33.3. The van der Waals surface area contributed by atoms with Gasteiger partial charge in [-0.25, -0.2) is 0 Å². The van der Waals surface area contributed by atoms with Gasteiger partial charge in [0.25, 0.3) is 0 Å². The van der Waals surface area contributed by atoms with E-state index in [9.17, 15) is 35.7 Å². The predicted molar refractivity (Wildman–Crippen MR) is 142 cm³/mol. The summed E-state index contributed by atoms with van der Waals surface area (Å²) in [5, 5.41) is 72.6. The zero-order valence-corrected chi connectivity index (χ0v) is 23.3. The molecule has 2 aromatic rings. The molecule has 1 heterocycles. The molecule has 1 aliphatic heterocycles. The molecule has 0 bridgehead atoms. The molecule has 0 aromatic heterocycles. The van der Waals surface area contributed by atoms with E-state index in [1.807, 2.05) is 0 Å². The molecule has 41 heavy (non-hydrogen) atoms. The van der Waals surface area contributed by atoms with Crippen molar-refractivity contribution in [3.63, 3.8) is 0 Å². The van der Waals surface area contributed by atoms with Crippen molar-refractivity contribution in [1.29, 1.82) is 0 Å². The van der Waals surface area contributed by atoms with Crippen LogP contribution in [0.5, 0.6) is 34.5 Å². The molecule has 228 valence electrons. The molecule has 13 heteroatoms. The van der Waals surface area contributed by atoms with Crippen molar-refractivity contribution < 1.29 is 64.2 Å². The molecule has 0 saturated carbocycles. The Kier molecular flexibility index (Phi) is 9.70. The number of fused-ring (bicyclic) bond motifs is 1. The zero-order chi connectivity index (χ0) is 30.0. The monoisotopic (exact) mass is 582 g/mol. The second kappa shape index (κ2) is 12.9. The highest BCUT2D eigenvalue weighted by Gasteiger charge is 2.46. The smallest absolute Gasteiger partial charge is 0.201 e. The highest BCUT2D eigenvalue weighted by Crippen LogP contribution is 2.54. The second-order valence-corrected chi connectivity index (χ2v) is 10.1. The Bertz CT molecular complexity index is 1180. The summed E-state index contributed by atoms with van der Waals surface area (Å²) in [6.07, 6.45) is -7.02. The number of aliphatic hydroxyl groups is 5. The van der Waals surface area contributed by atoms with Crippen LogP contribution in [0.4, 0.5) is 0 Å². The molecule has 8 atom stereocenters. The van der Waals surface area contributed by atoms with Gasteiger partial charge in [0, 0.05) is 18.1 Å². The van der Waals surface area contributed by atoms with Gasteiger partial charge in [-0.15, -0.1) is 0 Å². The summed E-state index contributed by atoms with van der Waals surface area (Å²) in [4.78, 5) is 0. The van der Waals surface area contributed by atoms with Crippen LogP contribution in [0, 0.1) is 11.8 Å². The van der Waals surface area contributed by atoms with Crippen LogP contribution < -0.4 is 18.9 Å². The van der Waals surface area contributed by atoms with Crippen LogP contribution in [0.25, 0.3) is 0 Å². The SMILES string of the molecule is COc1cc([C@@H]2c3c(cc(OC)c(O)c3OC)C[C@H](CO)[C@H]2CO[C@H]2O[C@@H](CO)[C@@H](O)[C@H](O)[C@@H]2O)cc(OC)c1O. The molecule has 1 saturated heterocycles. The lowest BCUT2D eigenvalue weighted by Gasteiger charge is -2.43. The van der Waals surface area contributed by atoms with E-state index in [0.29, 0.717) is 17.5 Å². The highest BCUT2D eigenvalue weighted by molar-refractivity contribution is 5.64. The Labute approximate surface area is 237 Å². The molecule has 2 aromatic carbocycles. The standard InChI is InChI=1S/C28H38O13/c1-36-16-7-13(8-17(37-2)22(16)31)20-15(11-40-28-26(35)25(34)23(32)19(10-30)41-28)14(9-29)5-12-6-18(38-3)24(33)27(39-4)21(12)20/h6-8,14-15,19-20,23,25-26,28-35H,5,9-11H2,1-4H3/t14-,15-,19+,20+,23-,25+,26+,28+/m1/s1. The molecule has 0 radical (unpaired) electrons. The van der Waals surface area contributed by atoms with Crippen molar-refractivity contribution in [1.82, 2.24) is 0 Å². The average molecular weight is 583 g/mol. The molecule has 0 amide bonds. The minimum absolute atomic E-state index is 0.123. The summed E-state index contributed by atoms with van der Waals surface area (Å²) in [5.41, 5.74) is 1.88. The number of aliphatic hydroxyl groups excluding tert-OH is 5. The van der Waals surface area contributed by atoms with Crippen LogP contribution in [0.15, 0.2) is 18.2 Å². The van der Waals surface area contributed by atoms with E-state index in [2.05, 4.69) is 0 Å². The van der Waals surface area contributed by atoms with E-state index in [-0.39, 0.29) is 47.7 Å². The molecule has 1 fully saturated rings. The molecular formula is C28H38O13. The molecule has 1 aliphatic carbocycles. The van der Waals surface area contributed by atoms with Crippen molar-refractivity contribution >= 4 is 0 Å². The maximum absolute atomic E-state index is 11.0. The molecular weight excluding hydrogens is 544 g/mol. The predicted octanol–water partition coefficient (Wildman–Crippen LogP) is -0.139. The number of benzene rings is 2. The summed E-state index contributed by atoms with van der Waals surface area (Å²) in [7, 11) is 5.60. The molecule has 4 rings (SSSR count). The second-order valence-electron chi connectivity index (χ2n) is 10.1. The topological polar surface area (TPSA) is 197 Å². The van der Waals surface area contributed by atoms with Crippen molar-refractivity contribution in [2.75, 3.05) is 48.3 Å². The quantitative estimate of drug-likeness (QED) is 0.196. The number of hydrogen-bond donors (Lipinski definition) is 7. The van der Waals surface area contributed by atoms with Crippen LogP contribution in [0.3, 0.4) is 0 Å². The van der Waals surface area contributed by atoms with E-state index in [1.54, 1.807) is 18.2 Å². The summed E-state index contributed by atoms with van der Waals surface area (Å²) >= 11 is 0. The summed E-state index contributed by atoms with van der Waals surface area (Å²) in [5.74, 6) is -1.51. The van der Waals surface area contributed by atoms with Gasteiger partial charge in [0.15, 0.2) is 29.3 Å². The fourth-order valence-corrected chi connectivity index (χ4v) is 5.83. The van der Waals surface area contributed by atoms with Crippen LogP contribution in [0.2, 0.25) is 0 Å². The normalized spacial score (nSPS) is 29.5. The molecule has 0 unspecified atom stereocenters. The van der Waals surface area contributed by atoms with E-state index < -0.39 is 55.1 Å². The van der Waals surface area contributed by atoms with Crippen molar-refractivity contribution in [2.24, 2.45) is 11.8 Å². The lowest BCUT2D eigenvalue weighted by atomic mass is 9.66. The van der Waals surface area contributed by atoms with Crippen LogP contribution in [-0.2, 0) is 15.9 Å². The fourth-order valence-electron chi connectivity index (χ4n) is 5.83. The van der Waals surface area contributed by atoms with Gasteiger partial charge >= 0.3 is 0 Å². The molecule has 13 nitrogen and oxygen atoms in total. The Morgan fingerprint density at radius 2 is 1.39 bits per heavy atom. The molecule has 2 aliphatic rings. The zero-order valence-electron chi connectivity index (χ0n) is 23.3. The van der Waals surface area contributed by atoms with E-state index in [4.69, 9.17) is 28.4 Å². The minimum atomic E-state index is -1.63. The van der Waals surface area contributed by atoms with Gasteiger partial charge in [-0.05, 0) is 47.6 Å². The molecule has 0 spiro atoms. The van der Waals surface area contributed by atoms with Gasteiger partial charge in [-0.1, -0.05) is 0 Å². The number of aromatic hydroxyl groups is 2. The minimum Gasteiger partial charge on any atom is -0.502 e. The third-order valence-corrected chi connectivity index (χ3v) is 7.99. The lowest BCUT2D eigenvalue weighted by molar-refractivity contribution is -0.304. The number of hydrogen-bond acceptors (Lipinski definition) is 13. The van der Waals surface area contributed by atoms with Gasteiger partial charge in [0.2, 0.25) is 11.5 Å². The first-order chi connectivity index (χ1) is 19.6. The van der Waals surface area contributed by atoms with Crippen LogP contribution in [0.1, 0.15) is 22.6 Å². The first-order valence-electron chi connectivity index (χ1n) is 13.1. The summed E-state index contributed by atoms with van der Waals surface area (Å²) in [6.45, 7) is -1.02. The lowest BCUT2D eigenvalue weighted by Crippen LogP contribution is -2.59. The van der Waals surface area contributed by atoms with E-state index in [1.165, 1.54) is 28.4 Å². The van der Waals surface area contributed by atoms with Gasteiger partial charge in [-0.2, -0.15) is 0 Å². The van der Waals surface area contributed by atoms with Crippen LogP contribution >= 0.6 is 0 Å². The number of phenols is 2. The van der Waals surface area contributed by atoms with Gasteiger partial charge in [0.1, 0.15) is 24.4 Å². The highest BCUT2D eigenvalue weighted by atomic mass is 16.7. The summed E-state index contributed by atoms with van der Waals surface area (Å²) in [6, 6.07) is 4.88. The van der Waals surface area contributed by atoms with Gasteiger partial charge < -0.3 is 64.2 Å². The number of methoxy groups -OCH3 is 4. The molecule has 7 N–H and O–H groups in total. The average Bonchev–Trinajstić information content (AvgIpc) is 2.98. The Hall–Kier alpha value is -3.04. The number of phenolic OH excluding ortho intramolecular Hbond substituents is 2. The fraction of sp³-hybridized carbons (Fsp3) is 0.571. The third-order valence-electron chi connectivity index (χ3n) is 7.99. The Morgan fingerprint density at radius 3 is 1.93 bits per heavy atom. The largest absolute Gasteiger partial charge is 0.502 e. The maximum atomic E-state index is 11.0. The van der Waals surface area contributed by atoms with Gasteiger partial charge in [0.05, 0.1) is 41.7 Å². The van der Waals surface area contributed by atoms with E-state index >= 15 is 0 Å². The number of rotatable bonds is 10. The first kappa shape index (κ1) is 30.9. The Morgan fingerprint density at radius 1 is 0.780 bits per heavy atom. The Balaban J connectivity index is 1.85.